The van der Waals surface area contributed by atoms with E-state index in [2.05, 4.69) is 10.3 Å². The first-order chi connectivity index (χ1) is 12.0. The van der Waals surface area contributed by atoms with Crippen LogP contribution in [-0.4, -0.2) is 29.4 Å². The fourth-order valence-corrected chi connectivity index (χ4v) is 3.27. The predicted molar refractivity (Wildman–Crippen MR) is 97.2 cm³/mol. The molecule has 6 nitrogen and oxygen atoms in total. The first kappa shape index (κ1) is 17.4. The van der Waals surface area contributed by atoms with Gasteiger partial charge in [0.25, 0.3) is 11.8 Å². The summed E-state index contributed by atoms with van der Waals surface area (Å²) in [5.41, 5.74) is 2.21. The van der Waals surface area contributed by atoms with Gasteiger partial charge in [-0.05, 0) is 38.0 Å². The lowest BCUT2D eigenvalue weighted by molar-refractivity contribution is -0.121. The van der Waals surface area contributed by atoms with Crippen molar-refractivity contribution >= 4 is 28.8 Å². The molecule has 3 rings (SSSR count). The maximum atomic E-state index is 12.3. The Morgan fingerprint density at radius 1 is 1.48 bits per heavy atom. The molecule has 1 atom stereocenters. The van der Waals surface area contributed by atoms with Crippen molar-refractivity contribution in [3.05, 3.63) is 39.8 Å². The monoisotopic (exact) mass is 359 g/mol. The number of aromatic nitrogens is 1. The van der Waals surface area contributed by atoms with Gasteiger partial charge in [-0.25, -0.2) is 4.98 Å². The third-order valence-electron chi connectivity index (χ3n) is 4.13. The zero-order valence-electron chi connectivity index (χ0n) is 14.5. The number of fused-ring (bicyclic) bond motifs is 1. The maximum absolute atomic E-state index is 12.3. The predicted octanol–water partition coefficient (Wildman–Crippen LogP) is 2.91. The van der Waals surface area contributed by atoms with Crippen LogP contribution in [0.4, 0.5) is 5.69 Å². The molecule has 1 aromatic heterocycles. The highest BCUT2D eigenvalue weighted by atomic mass is 32.1. The number of ether oxygens (including phenoxy) is 1. The minimum atomic E-state index is -0.179. The highest BCUT2D eigenvalue weighted by molar-refractivity contribution is 7.09. The number of nitrogens with zero attached hydrogens (tertiary/aromatic N) is 2. The van der Waals surface area contributed by atoms with Crippen molar-refractivity contribution in [2.45, 2.75) is 39.8 Å². The van der Waals surface area contributed by atoms with Gasteiger partial charge in [-0.2, -0.15) is 0 Å². The Morgan fingerprint density at radius 2 is 2.28 bits per heavy atom. The molecule has 0 fully saturated rings. The van der Waals surface area contributed by atoms with Gasteiger partial charge in [0.15, 0.2) is 6.61 Å². The van der Waals surface area contributed by atoms with Gasteiger partial charge in [-0.1, -0.05) is 13.0 Å². The second-order valence-corrected chi connectivity index (χ2v) is 7.09. The smallest absolute Gasteiger partial charge is 0.270 e. The Balaban J connectivity index is 1.77. The summed E-state index contributed by atoms with van der Waals surface area (Å²) < 4.78 is 5.51. The van der Waals surface area contributed by atoms with E-state index in [0.717, 1.165) is 22.7 Å². The van der Waals surface area contributed by atoms with E-state index in [1.807, 2.05) is 39.0 Å². The SMILES string of the molecule is CCC(C)NC(=O)c1csc(CN2C(=O)COc3cc(C)ccc32)n1. The van der Waals surface area contributed by atoms with Crippen LogP contribution >= 0.6 is 11.3 Å². The summed E-state index contributed by atoms with van der Waals surface area (Å²) in [4.78, 5) is 30.5. The standard InChI is InChI=1S/C18H21N3O3S/c1-4-12(3)19-18(23)13-10-25-16(20-13)8-21-14-6-5-11(2)7-15(14)24-9-17(21)22/h5-7,10,12H,4,8-9H2,1-3H3,(H,19,23). The van der Waals surface area contributed by atoms with Crippen LogP contribution in [0.25, 0.3) is 0 Å². The molecule has 1 N–H and O–H groups in total. The van der Waals surface area contributed by atoms with Crippen molar-refractivity contribution in [3.63, 3.8) is 0 Å². The fourth-order valence-electron chi connectivity index (χ4n) is 2.51. The molecule has 1 aromatic carbocycles. The molecule has 0 bridgehead atoms. The van der Waals surface area contributed by atoms with E-state index in [9.17, 15) is 9.59 Å². The number of carbonyl (C=O) groups is 2. The summed E-state index contributed by atoms with van der Waals surface area (Å²) in [7, 11) is 0. The van der Waals surface area contributed by atoms with Crippen LogP contribution in [0, 0.1) is 6.92 Å². The minimum Gasteiger partial charge on any atom is -0.482 e. The molecular formula is C18H21N3O3S. The Kier molecular flexibility index (Phi) is 5.03. The zero-order chi connectivity index (χ0) is 18.0. The van der Waals surface area contributed by atoms with Crippen LogP contribution in [0.3, 0.4) is 0 Å². The van der Waals surface area contributed by atoms with Crippen LogP contribution in [-0.2, 0) is 11.3 Å². The summed E-state index contributed by atoms with van der Waals surface area (Å²) in [5.74, 6) is 0.407. The van der Waals surface area contributed by atoms with Gasteiger partial charge in [-0.15, -0.1) is 11.3 Å². The second kappa shape index (κ2) is 7.23. The number of thiazole rings is 1. The molecule has 0 saturated heterocycles. The van der Waals surface area contributed by atoms with Crippen molar-refractivity contribution in [3.8, 4) is 5.75 Å². The van der Waals surface area contributed by atoms with E-state index >= 15 is 0 Å². The zero-order valence-corrected chi connectivity index (χ0v) is 15.4. The van der Waals surface area contributed by atoms with Gasteiger partial charge < -0.3 is 10.1 Å². The molecule has 132 valence electrons. The van der Waals surface area contributed by atoms with Crippen molar-refractivity contribution in [1.82, 2.24) is 10.3 Å². The molecule has 2 aromatic rings. The Labute approximate surface area is 150 Å². The quantitative estimate of drug-likeness (QED) is 0.891. The summed E-state index contributed by atoms with van der Waals surface area (Å²) >= 11 is 1.38. The summed E-state index contributed by atoms with van der Waals surface area (Å²) in [6.07, 6.45) is 0.862. The van der Waals surface area contributed by atoms with Gasteiger partial charge in [0, 0.05) is 11.4 Å². The molecule has 0 aliphatic carbocycles. The van der Waals surface area contributed by atoms with E-state index in [1.165, 1.54) is 11.3 Å². The molecular weight excluding hydrogens is 338 g/mol. The van der Waals surface area contributed by atoms with Crippen molar-refractivity contribution in [2.24, 2.45) is 0 Å². The van der Waals surface area contributed by atoms with Crippen LogP contribution in [0.2, 0.25) is 0 Å². The van der Waals surface area contributed by atoms with Gasteiger partial charge in [0.1, 0.15) is 16.5 Å². The number of nitrogens with one attached hydrogen (secondary N) is 1. The first-order valence-electron chi connectivity index (χ1n) is 8.27. The van der Waals surface area contributed by atoms with Crippen LogP contribution in [0.15, 0.2) is 23.6 Å². The van der Waals surface area contributed by atoms with E-state index in [4.69, 9.17) is 4.74 Å². The molecule has 7 heteroatoms. The Morgan fingerprint density at radius 3 is 3.04 bits per heavy atom. The van der Waals surface area contributed by atoms with E-state index in [0.29, 0.717) is 18.0 Å². The first-order valence-corrected chi connectivity index (χ1v) is 9.15. The average molecular weight is 359 g/mol. The van der Waals surface area contributed by atoms with Crippen LogP contribution in [0.1, 0.15) is 41.3 Å². The van der Waals surface area contributed by atoms with Crippen LogP contribution in [0.5, 0.6) is 5.75 Å². The molecule has 0 saturated carbocycles. The van der Waals surface area contributed by atoms with Crippen LogP contribution < -0.4 is 15.0 Å². The second-order valence-electron chi connectivity index (χ2n) is 6.15. The number of aryl methyl sites for hydroxylation is 1. The van der Waals surface area contributed by atoms with Gasteiger partial charge >= 0.3 is 0 Å². The van der Waals surface area contributed by atoms with E-state index in [-0.39, 0.29) is 24.5 Å². The normalized spacial score (nSPS) is 14.7. The lowest BCUT2D eigenvalue weighted by Crippen LogP contribution is -2.38. The number of rotatable bonds is 5. The Bertz CT molecular complexity index is 803. The highest BCUT2D eigenvalue weighted by Gasteiger charge is 2.26. The minimum absolute atomic E-state index is 0.0171. The Hall–Kier alpha value is -2.41. The number of carbonyl (C=O) groups excluding carboxylic acids is 2. The highest BCUT2D eigenvalue weighted by Crippen LogP contribution is 2.34. The molecule has 0 radical (unpaired) electrons. The number of amides is 2. The molecule has 1 aliphatic heterocycles. The number of anilines is 1. The van der Waals surface area contributed by atoms with Gasteiger partial charge in [0.05, 0.1) is 12.2 Å². The van der Waals surface area contributed by atoms with Crippen molar-refractivity contribution in [1.29, 1.82) is 0 Å². The summed E-state index contributed by atoms with van der Waals surface area (Å²) in [5, 5.41) is 5.35. The molecule has 25 heavy (non-hydrogen) atoms. The van der Waals surface area contributed by atoms with E-state index < -0.39 is 0 Å². The van der Waals surface area contributed by atoms with Gasteiger partial charge in [-0.3, -0.25) is 14.5 Å². The number of hydrogen-bond acceptors (Lipinski definition) is 5. The number of hydrogen-bond donors (Lipinski definition) is 1. The molecule has 0 spiro atoms. The fraction of sp³-hybridized carbons (Fsp3) is 0.389. The number of benzene rings is 1. The summed E-state index contributed by atoms with van der Waals surface area (Å²) in [6, 6.07) is 5.85. The molecule has 2 heterocycles. The topological polar surface area (TPSA) is 71.5 Å². The van der Waals surface area contributed by atoms with E-state index in [1.54, 1.807) is 10.3 Å². The molecule has 1 aliphatic rings. The molecule has 2 amide bonds. The third kappa shape index (κ3) is 3.82. The van der Waals surface area contributed by atoms with Gasteiger partial charge in [0.2, 0.25) is 0 Å². The van der Waals surface area contributed by atoms with Crippen molar-refractivity contribution in [2.75, 3.05) is 11.5 Å². The lowest BCUT2D eigenvalue weighted by atomic mass is 10.1. The lowest BCUT2D eigenvalue weighted by Gasteiger charge is -2.28. The largest absolute Gasteiger partial charge is 0.482 e. The molecule has 1 unspecified atom stereocenters. The van der Waals surface area contributed by atoms with Crippen molar-refractivity contribution < 1.29 is 14.3 Å². The third-order valence-corrected chi connectivity index (χ3v) is 4.96. The maximum Gasteiger partial charge on any atom is 0.270 e. The average Bonchev–Trinajstić information content (AvgIpc) is 3.06. The summed E-state index contributed by atoms with van der Waals surface area (Å²) in [6.45, 7) is 6.30.